The quantitative estimate of drug-likeness (QED) is 0.810. The van der Waals surface area contributed by atoms with Crippen LogP contribution in [0.25, 0.3) is 11.3 Å². The number of aryl methyl sites for hydroxylation is 1. The second kappa shape index (κ2) is 3.55. The molecule has 0 radical (unpaired) electrons. The van der Waals surface area contributed by atoms with Gasteiger partial charge in [-0.1, -0.05) is 23.7 Å². The highest BCUT2D eigenvalue weighted by Gasteiger charge is 2.15. The number of nitrogens with two attached hydrogens (primary N) is 1. The fourth-order valence-electron chi connectivity index (χ4n) is 1.34. The van der Waals surface area contributed by atoms with Gasteiger partial charge in [0.05, 0.1) is 0 Å². The van der Waals surface area contributed by atoms with E-state index in [1.165, 1.54) is 10.7 Å². The van der Waals surface area contributed by atoms with Gasteiger partial charge in [0.1, 0.15) is 22.4 Å². The first-order valence-corrected chi connectivity index (χ1v) is 4.72. The van der Waals surface area contributed by atoms with E-state index in [0.717, 1.165) is 0 Å². The van der Waals surface area contributed by atoms with Crippen molar-refractivity contribution in [2.45, 2.75) is 0 Å². The van der Waals surface area contributed by atoms with E-state index in [1.807, 2.05) is 0 Å². The Balaban J connectivity index is 2.65. The number of rotatable bonds is 1. The predicted octanol–water partition coefficient (Wildman–Crippen LogP) is 2.46. The van der Waals surface area contributed by atoms with Crippen LogP contribution >= 0.6 is 11.6 Å². The number of hydrogen-bond donors (Lipinski definition) is 1. The molecule has 1 aromatic carbocycles. The Kier molecular flexibility index (Phi) is 2.36. The maximum atomic E-state index is 13.4. The van der Waals surface area contributed by atoms with Crippen LogP contribution in [0.1, 0.15) is 0 Å². The first kappa shape index (κ1) is 9.98. The van der Waals surface area contributed by atoms with Gasteiger partial charge in [0, 0.05) is 12.6 Å². The van der Waals surface area contributed by atoms with Gasteiger partial charge in [-0.05, 0) is 12.1 Å². The second-order valence-corrected chi connectivity index (χ2v) is 3.53. The van der Waals surface area contributed by atoms with E-state index >= 15 is 0 Å². The highest BCUT2D eigenvalue weighted by atomic mass is 35.5. The molecule has 0 saturated carbocycles. The third kappa shape index (κ3) is 1.57. The minimum atomic E-state index is -0.363. The van der Waals surface area contributed by atoms with Crippen molar-refractivity contribution in [2.75, 3.05) is 5.73 Å². The van der Waals surface area contributed by atoms with Crippen LogP contribution in [-0.4, -0.2) is 9.78 Å². The standard InChI is InChI=1S/C10H9ClFN3/c1-15-10(13)8(11)9(14-15)6-4-2-3-5-7(6)12/h2-5H,13H2,1H3. The molecule has 0 unspecified atom stereocenters. The Morgan fingerprint density at radius 3 is 2.60 bits per heavy atom. The molecule has 0 amide bonds. The molecular formula is C10H9ClFN3. The molecule has 1 aromatic heterocycles. The van der Waals surface area contributed by atoms with Crippen molar-refractivity contribution in [3.8, 4) is 11.3 Å². The van der Waals surface area contributed by atoms with Crippen LogP contribution in [0.15, 0.2) is 24.3 Å². The van der Waals surface area contributed by atoms with E-state index in [9.17, 15) is 4.39 Å². The minimum Gasteiger partial charge on any atom is -0.383 e. The summed E-state index contributed by atoms with van der Waals surface area (Å²) in [7, 11) is 1.66. The maximum absolute atomic E-state index is 13.4. The van der Waals surface area contributed by atoms with Crippen LogP contribution in [0, 0.1) is 5.82 Å². The molecule has 0 fully saturated rings. The molecule has 0 aliphatic rings. The molecule has 0 aliphatic heterocycles. The Morgan fingerprint density at radius 2 is 2.07 bits per heavy atom. The summed E-state index contributed by atoms with van der Waals surface area (Å²) in [6.07, 6.45) is 0. The Hall–Kier alpha value is -1.55. The highest BCUT2D eigenvalue weighted by molar-refractivity contribution is 6.35. The Bertz CT molecular complexity index is 507. The molecule has 1 heterocycles. The van der Waals surface area contributed by atoms with E-state index in [-0.39, 0.29) is 10.8 Å². The molecule has 3 nitrogen and oxygen atoms in total. The first-order chi connectivity index (χ1) is 7.11. The zero-order valence-electron chi connectivity index (χ0n) is 8.04. The summed E-state index contributed by atoms with van der Waals surface area (Å²) in [5.41, 5.74) is 6.36. The lowest BCUT2D eigenvalue weighted by Crippen LogP contribution is -1.97. The zero-order chi connectivity index (χ0) is 11.0. The lowest BCUT2D eigenvalue weighted by molar-refractivity contribution is 0.630. The van der Waals surface area contributed by atoms with E-state index in [4.69, 9.17) is 17.3 Å². The molecule has 2 rings (SSSR count). The number of aromatic nitrogens is 2. The summed E-state index contributed by atoms with van der Waals surface area (Å²) < 4.78 is 14.9. The molecule has 0 aliphatic carbocycles. The average Bonchev–Trinajstić information content (AvgIpc) is 2.47. The van der Waals surface area contributed by atoms with Crippen molar-refractivity contribution in [2.24, 2.45) is 7.05 Å². The fraction of sp³-hybridized carbons (Fsp3) is 0.100. The Labute approximate surface area is 91.3 Å². The molecule has 0 atom stereocenters. The van der Waals surface area contributed by atoms with Gasteiger partial charge in [-0.3, -0.25) is 4.68 Å². The molecular weight excluding hydrogens is 217 g/mol. The number of nitrogens with zero attached hydrogens (tertiary/aromatic N) is 2. The number of benzene rings is 1. The lowest BCUT2D eigenvalue weighted by Gasteiger charge is -1.98. The van der Waals surface area contributed by atoms with Gasteiger partial charge in [-0.25, -0.2) is 4.39 Å². The molecule has 0 spiro atoms. The Morgan fingerprint density at radius 1 is 1.40 bits per heavy atom. The van der Waals surface area contributed by atoms with Gasteiger partial charge in [-0.2, -0.15) is 5.10 Å². The second-order valence-electron chi connectivity index (χ2n) is 3.15. The number of nitrogen functional groups attached to an aromatic ring is 1. The van der Waals surface area contributed by atoms with Crippen LogP contribution in [-0.2, 0) is 7.05 Å². The van der Waals surface area contributed by atoms with Crippen molar-refractivity contribution >= 4 is 17.4 Å². The van der Waals surface area contributed by atoms with Crippen molar-refractivity contribution in [3.05, 3.63) is 35.1 Å². The van der Waals surface area contributed by atoms with Gasteiger partial charge in [0.25, 0.3) is 0 Å². The van der Waals surface area contributed by atoms with Crippen LogP contribution in [0.4, 0.5) is 10.2 Å². The smallest absolute Gasteiger partial charge is 0.140 e. The molecule has 2 aromatic rings. The van der Waals surface area contributed by atoms with Crippen molar-refractivity contribution in [3.63, 3.8) is 0 Å². The van der Waals surface area contributed by atoms with Gasteiger partial charge >= 0.3 is 0 Å². The van der Waals surface area contributed by atoms with Crippen LogP contribution in [0.5, 0.6) is 0 Å². The van der Waals surface area contributed by atoms with E-state index < -0.39 is 0 Å². The summed E-state index contributed by atoms with van der Waals surface area (Å²) >= 11 is 5.95. The summed E-state index contributed by atoms with van der Waals surface area (Å²) in [6.45, 7) is 0. The van der Waals surface area contributed by atoms with Crippen molar-refractivity contribution in [1.29, 1.82) is 0 Å². The van der Waals surface area contributed by atoms with Gasteiger partial charge in [-0.15, -0.1) is 0 Å². The summed E-state index contributed by atoms with van der Waals surface area (Å²) in [4.78, 5) is 0. The third-order valence-electron chi connectivity index (χ3n) is 2.16. The number of halogens is 2. The summed E-state index contributed by atoms with van der Waals surface area (Å²) in [5, 5.41) is 4.34. The van der Waals surface area contributed by atoms with Crippen LogP contribution in [0.3, 0.4) is 0 Å². The van der Waals surface area contributed by atoms with Crippen molar-refractivity contribution in [1.82, 2.24) is 9.78 Å². The van der Waals surface area contributed by atoms with E-state index in [0.29, 0.717) is 17.1 Å². The summed E-state index contributed by atoms with van der Waals surface area (Å²) in [6, 6.07) is 6.30. The third-order valence-corrected chi connectivity index (χ3v) is 2.53. The SMILES string of the molecule is Cn1nc(-c2ccccc2F)c(Cl)c1N. The number of hydrogen-bond acceptors (Lipinski definition) is 2. The largest absolute Gasteiger partial charge is 0.383 e. The number of anilines is 1. The average molecular weight is 226 g/mol. The maximum Gasteiger partial charge on any atom is 0.140 e. The minimum absolute atomic E-state index is 0.280. The highest BCUT2D eigenvalue weighted by Crippen LogP contribution is 2.32. The van der Waals surface area contributed by atoms with Gasteiger partial charge in [0.15, 0.2) is 0 Å². The zero-order valence-corrected chi connectivity index (χ0v) is 8.79. The topological polar surface area (TPSA) is 43.8 Å². The predicted molar refractivity (Wildman–Crippen MR) is 58.0 cm³/mol. The van der Waals surface area contributed by atoms with E-state index in [2.05, 4.69) is 5.10 Å². The molecule has 0 saturated heterocycles. The molecule has 5 heteroatoms. The summed E-state index contributed by atoms with van der Waals surface area (Å²) in [5.74, 6) is -0.0348. The van der Waals surface area contributed by atoms with Crippen LogP contribution < -0.4 is 5.73 Å². The van der Waals surface area contributed by atoms with E-state index in [1.54, 1.807) is 25.2 Å². The molecule has 0 bridgehead atoms. The molecule has 15 heavy (non-hydrogen) atoms. The first-order valence-electron chi connectivity index (χ1n) is 4.34. The normalized spacial score (nSPS) is 10.6. The fourth-order valence-corrected chi connectivity index (χ4v) is 1.60. The van der Waals surface area contributed by atoms with Gasteiger partial charge < -0.3 is 5.73 Å². The van der Waals surface area contributed by atoms with Crippen LogP contribution in [0.2, 0.25) is 5.02 Å². The van der Waals surface area contributed by atoms with Gasteiger partial charge in [0.2, 0.25) is 0 Å². The van der Waals surface area contributed by atoms with Crippen molar-refractivity contribution < 1.29 is 4.39 Å². The molecule has 78 valence electrons. The monoisotopic (exact) mass is 225 g/mol. The molecule has 2 N–H and O–H groups in total. The lowest BCUT2D eigenvalue weighted by atomic mass is 10.1.